The number of methoxy groups -OCH3 is 3. The number of hydrogen-bond donors (Lipinski definition) is 5. The normalized spacial score (nSPS) is 54.7. The van der Waals surface area contributed by atoms with Gasteiger partial charge in [-0.2, -0.15) is 0 Å². The standard InChI is InChI=1S/C46H78O17/c1-22-17-23(2)44(9,51)60-36(22)30-18-31(57-34-19-29(53-10)39(54-11)27(6)56-34)41(58-30)43(8)14-13-32(59-43)42(7)15-16-45(63-42)20-28(47)24(3)37(61-45)25(4)38-40(55-12)35(50)26(5)46(52,62-38)21-33(48)49/h22-32,34-41,47,50-52H,13-21H2,1-12H3,(H,48,49)/t22-,23+,24-,25-,26-,27+,28+,29+,30-,31-,32-,34+,35+,36-,37-,38+,39+,40+,41-,42-,43-,44-,45+,46+/m1/s1. The van der Waals surface area contributed by atoms with Gasteiger partial charge in [0.25, 0.3) is 0 Å². The lowest BCUT2D eigenvalue weighted by molar-refractivity contribution is -0.363. The van der Waals surface area contributed by atoms with E-state index >= 15 is 0 Å². The number of hydrogen-bond acceptors (Lipinski definition) is 16. The van der Waals surface area contributed by atoms with Gasteiger partial charge in [0.15, 0.2) is 23.7 Å². The van der Waals surface area contributed by atoms with E-state index in [0.29, 0.717) is 38.5 Å². The smallest absolute Gasteiger partial charge is 0.308 e. The summed E-state index contributed by atoms with van der Waals surface area (Å²) in [5.74, 6) is -7.77. The Morgan fingerprint density at radius 3 is 2.14 bits per heavy atom. The Hall–Kier alpha value is -1.13. The van der Waals surface area contributed by atoms with Crippen LogP contribution in [0.4, 0.5) is 0 Å². The molecule has 0 amide bonds. The second-order valence-corrected chi connectivity index (χ2v) is 21.1. The number of ether oxygens (including phenoxy) is 11. The molecule has 24 atom stereocenters. The second-order valence-electron chi connectivity index (χ2n) is 21.1. The van der Waals surface area contributed by atoms with Gasteiger partial charge in [-0.3, -0.25) is 4.79 Å². The maximum atomic E-state index is 11.8. The van der Waals surface area contributed by atoms with Crippen LogP contribution in [0.2, 0.25) is 0 Å². The van der Waals surface area contributed by atoms with Gasteiger partial charge < -0.3 is 77.6 Å². The third-order valence-electron chi connectivity index (χ3n) is 16.5. The molecule has 0 saturated carbocycles. The molecule has 17 heteroatoms. The van der Waals surface area contributed by atoms with Gasteiger partial charge in [-0.25, -0.2) is 0 Å². The predicted octanol–water partition coefficient (Wildman–Crippen LogP) is 3.66. The molecule has 0 aromatic heterocycles. The summed E-state index contributed by atoms with van der Waals surface area (Å²) in [5, 5.41) is 55.2. The minimum atomic E-state index is -2.16. The molecule has 0 aromatic carbocycles. The van der Waals surface area contributed by atoms with Crippen LogP contribution in [0.15, 0.2) is 0 Å². The lowest BCUT2D eigenvalue weighted by Crippen LogP contribution is -2.65. The molecule has 364 valence electrons. The Morgan fingerprint density at radius 2 is 1.49 bits per heavy atom. The first-order valence-electron chi connectivity index (χ1n) is 23.4. The number of aliphatic hydroxyl groups is 4. The van der Waals surface area contributed by atoms with E-state index in [1.54, 1.807) is 21.1 Å². The van der Waals surface area contributed by atoms with Crippen LogP contribution in [0.5, 0.6) is 0 Å². The average Bonchev–Trinajstić information content (AvgIpc) is 3.92. The van der Waals surface area contributed by atoms with E-state index in [1.807, 2.05) is 34.6 Å². The van der Waals surface area contributed by atoms with Gasteiger partial charge in [-0.15, -0.1) is 0 Å². The van der Waals surface area contributed by atoms with Crippen molar-refractivity contribution >= 4 is 5.97 Å². The van der Waals surface area contributed by atoms with Crippen molar-refractivity contribution in [3.63, 3.8) is 0 Å². The molecule has 0 radical (unpaired) electrons. The molecular formula is C46H78O17. The highest BCUT2D eigenvalue weighted by Crippen LogP contribution is 2.54. The molecule has 0 bridgehead atoms. The van der Waals surface area contributed by atoms with Crippen LogP contribution >= 0.6 is 0 Å². The van der Waals surface area contributed by atoms with E-state index in [4.69, 9.17) is 52.1 Å². The van der Waals surface area contributed by atoms with Crippen molar-refractivity contribution in [2.24, 2.45) is 29.6 Å². The molecule has 7 heterocycles. The van der Waals surface area contributed by atoms with Crippen molar-refractivity contribution in [1.82, 2.24) is 0 Å². The SMILES string of the molecule is CO[C@H]1[C@@H](O)[C@@H](C)[C@](O)(CC(=O)O)O[C@H]1[C@H](C)[C@@H]1O[C@]2(CC[C@](C)([C@H]3CC[C@](C)([C@@H]4O[C@@H]([C@@H]5O[C@@](C)(O)[C@@H](C)C[C@H]5C)C[C@H]4O[C@H]4C[C@H](OC)[C@@H](OC)[C@H](C)O4)O3)O2)C[C@H](O)[C@H]1C. The summed E-state index contributed by atoms with van der Waals surface area (Å²) >= 11 is 0. The number of carboxylic acid groups (broad SMARTS) is 1. The summed E-state index contributed by atoms with van der Waals surface area (Å²) in [7, 11) is 4.75. The Kier molecular flexibility index (Phi) is 14.5. The average molecular weight is 903 g/mol. The number of aliphatic hydroxyl groups excluding tert-OH is 2. The summed E-state index contributed by atoms with van der Waals surface area (Å²) in [6.07, 6.45) is -4.46. The summed E-state index contributed by atoms with van der Waals surface area (Å²) in [6.45, 7) is 17.2. The highest BCUT2D eigenvalue weighted by atomic mass is 16.7. The largest absolute Gasteiger partial charge is 0.481 e. The molecule has 0 aliphatic carbocycles. The van der Waals surface area contributed by atoms with E-state index in [1.165, 1.54) is 14.0 Å². The topological polar surface area (TPSA) is 220 Å². The summed E-state index contributed by atoms with van der Waals surface area (Å²) < 4.78 is 71.2. The van der Waals surface area contributed by atoms with Crippen molar-refractivity contribution in [3.05, 3.63) is 0 Å². The molecule has 0 aromatic rings. The van der Waals surface area contributed by atoms with Crippen molar-refractivity contribution in [3.8, 4) is 0 Å². The Morgan fingerprint density at radius 1 is 0.794 bits per heavy atom. The highest BCUT2D eigenvalue weighted by Gasteiger charge is 2.63. The van der Waals surface area contributed by atoms with Crippen molar-refractivity contribution < 1.29 is 82.4 Å². The van der Waals surface area contributed by atoms with E-state index < -0.39 is 108 Å². The molecule has 17 nitrogen and oxygen atoms in total. The fourth-order valence-electron chi connectivity index (χ4n) is 12.3. The lowest BCUT2D eigenvalue weighted by atomic mass is 9.75. The van der Waals surface area contributed by atoms with Crippen LogP contribution in [0.1, 0.15) is 120 Å². The summed E-state index contributed by atoms with van der Waals surface area (Å²) in [5.41, 5.74) is -1.63. The van der Waals surface area contributed by atoms with Crippen LogP contribution in [-0.4, -0.2) is 167 Å². The summed E-state index contributed by atoms with van der Waals surface area (Å²) in [6, 6.07) is 0. The maximum absolute atomic E-state index is 11.8. The highest BCUT2D eigenvalue weighted by molar-refractivity contribution is 5.68. The number of carbonyl (C=O) groups is 1. The van der Waals surface area contributed by atoms with Gasteiger partial charge >= 0.3 is 5.97 Å². The monoisotopic (exact) mass is 903 g/mol. The minimum Gasteiger partial charge on any atom is -0.481 e. The van der Waals surface area contributed by atoms with Crippen molar-refractivity contribution in [1.29, 1.82) is 0 Å². The molecule has 7 aliphatic heterocycles. The van der Waals surface area contributed by atoms with Gasteiger partial charge in [0, 0.05) is 70.7 Å². The van der Waals surface area contributed by atoms with Crippen LogP contribution in [0.3, 0.4) is 0 Å². The molecule has 7 rings (SSSR count). The zero-order valence-electron chi connectivity index (χ0n) is 39.5. The first-order valence-corrected chi connectivity index (χ1v) is 23.4. The van der Waals surface area contributed by atoms with Crippen molar-refractivity contribution in [2.45, 2.75) is 234 Å². The van der Waals surface area contributed by atoms with E-state index in [9.17, 15) is 30.3 Å². The lowest BCUT2D eigenvalue weighted by Gasteiger charge is -2.53. The Balaban J connectivity index is 1.09. The number of aliphatic carboxylic acids is 1. The zero-order chi connectivity index (χ0) is 46.2. The van der Waals surface area contributed by atoms with Crippen LogP contribution in [0, 0.1) is 29.6 Å². The molecular weight excluding hydrogens is 824 g/mol. The summed E-state index contributed by atoms with van der Waals surface area (Å²) in [4.78, 5) is 11.8. The fourth-order valence-corrected chi connectivity index (χ4v) is 12.3. The first-order chi connectivity index (χ1) is 29.4. The van der Waals surface area contributed by atoms with Gasteiger partial charge in [0.2, 0.25) is 0 Å². The van der Waals surface area contributed by atoms with E-state index in [0.717, 1.165) is 6.42 Å². The predicted molar refractivity (Wildman–Crippen MR) is 223 cm³/mol. The van der Waals surface area contributed by atoms with Gasteiger partial charge in [0.05, 0.1) is 78.7 Å². The third-order valence-corrected chi connectivity index (χ3v) is 16.5. The third kappa shape index (κ3) is 9.39. The van der Waals surface area contributed by atoms with E-state index in [2.05, 4.69) is 13.8 Å². The van der Waals surface area contributed by atoms with Gasteiger partial charge in [-0.05, 0) is 59.3 Å². The maximum Gasteiger partial charge on any atom is 0.308 e. The minimum absolute atomic E-state index is 0.0453. The van der Waals surface area contributed by atoms with Crippen molar-refractivity contribution in [2.75, 3.05) is 21.3 Å². The molecule has 5 N–H and O–H groups in total. The molecule has 7 aliphatic rings. The van der Waals surface area contributed by atoms with E-state index in [-0.39, 0.29) is 54.9 Å². The van der Waals surface area contributed by atoms with Gasteiger partial charge in [-0.1, -0.05) is 34.6 Å². The first kappa shape index (κ1) is 49.8. The second kappa shape index (κ2) is 18.4. The number of rotatable bonds is 12. The van der Waals surface area contributed by atoms with Crippen LogP contribution < -0.4 is 0 Å². The zero-order valence-corrected chi connectivity index (χ0v) is 39.5. The number of carboxylic acids is 1. The molecule has 7 fully saturated rings. The fraction of sp³-hybridized carbons (Fsp3) is 0.978. The molecule has 7 saturated heterocycles. The quantitative estimate of drug-likeness (QED) is 0.189. The van der Waals surface area contributed by atoms with Gasteiger partial charge in [0.1, 0.15) is 18.3 Å². The molecule has 63 heavy (non-hydrogen) atoms. The Labute approximate surface area is 373 Å². The van der Waals surface area contributed by atoms with Crippen LogP contribution in [-0.2, 0) is 56.9 Å². The van der Waals surface area contributed by atoms with Crippen LogP contribution in [0.25, 0.3) is 0 Å². The molecule has 1 spiro atoms. The Bertz CT molecular complexity index is 1590. The molecule has 0 unspecified atom stereocenters.